The van der Waals surface area contributed by atoms with Gasteiger partial charge in [0.1, 0.15) is 12.7 Å². The van der Waals surface area contributed by atoms with Crippen LogP contribution in [0.4, 0.5) is 0 Å². The third-order valence-electron chi connectivity index (χ3n) is 3.21. The number of benzene rings is 1. The minimum atomic E-state index is -0.813. The van der Waals surface area contributed by atoms with Crippen LogP contribution in [0, 0.1) is 0 Å². The molecule has 1 aromatic carbocycles. The summed E-state index contributed by atoms with van der Waals surface area (Å²) in [7, 11) is 0. The fourth-order valence-electron chi connectivity index (χ4n) is 2.14. The number of ketones is 1. The van der Waals surface area contributed by atoms with E-state index in [0.29, 0.717) is 6.42 Å². The standard InChI is InChI=1S/C15H20O4/c1-15(2)18-10-13(17)14(19-15)12(16)9-8-11-6-4-3-5-7-11/h3-7,12,14,16H,8-10H2,1-2H3/t12-,14-/m0/s1. The lowest BCUT2D eigenvalue weighted by Crippen LogP contribution is -2.51. The van der Waals surface area contributed by atoms with Crippen molar-refractivity contribution in [1.29, 1.82) is 0 Å². The maximum absolute atomic E-state index is 11.7. The van der Waals surface area contributed by atoms with Crippen LogP contribution < -0.4 is 0 Å². The molecule has 2 atom stereocenters. The van der Waals surface area contributed by atoms with E-state index in [9.17, 15) is 9.90 Å². The number of hydrogen-bond donors (Lipinski definition) is 1. The third-order valence-corrected chi connectivity index (χ3v) is 3.21. The fourth-order valence-corrected chi connectivity index (χ4v) is 2.14. The third kappa shape index (κ3) is 3.86. The predicted octanol–water partition coefficient (Wildman–Crippen LogP) is 1.70. The Bertz CT molecular complexity index is 427. The molecule has 4 nitrogen and oxygen atoms in total. The minimum absolute atomic E-state index is 0.0000631. The van der Waals surface area contributed by atoms with Crippen molar-refractivity contribution in [3.05, 3.63) is 35.9 Å². The van der Waals surface area contributed by atoms with Gasteiger partial charge in [0.15, 0.2) is 11.6 Å². The van der Waals surface area contributed by atoms with E-state index in [-0.39, 0.29) is 12.4 Å². The van der Waals surface area contributed by atoms with Gasteiger partial charge < -0.3 is 14.6 Å². The molecule has 1 aromatic rings. The second-order valence-electron chi connectivity index (χ2n) is 5.28. The number of ether oxygens (including phenoxy) is 2. The Labute approximate surface area is 113 Å². The summed E-state index contributed by atoms with van der Waals surface area (Å²) in [6.07, 6.45) is -0.365. The van der Waals surface area contributed by atoms with E-state index in [1.165, 1.54) is 0 Å². The molecule has 0 unspecified atom stereocenters. The van der Waals surface area contributed by atoms with E-state index in [1.54, 1.807) is 13.8 Å². The lowest BCUT2D eigenvalue weighted by atomic mass is 10.0. The fraction of sp³-hybridized carbons (Fsp3) is 0.533. The summed E-state index contributed by atoms with van der Waals surface area (Å²) in [4.78, 5) is 11.7. The zero-order valence-electron chi connectivity index (χ0n) is 11.3. The Balaban J connectivity index is 1.91. The molecule has 19 heavy (non-hydrogen) atoms. The molecule has 0 saturated carbocycles. The summed E-state index contributed by atoms with van der Waals surface area (Å²) in [6, 6.07) is 9.88. The van der Waals surface area contributed by atoms with Crippen molar-refractivity contribution in [2.75, 3.05) is 6.61 Å². The maximum Gasteiger partial charge on any atom is 0.190 e. The van der Waals surface area contributed by atoms with Crippen molar-refractivity contribution in [2.45, 2.75) is 44.7 Å². The van der Waals surface area contributed by atoms with E-state index in [1.807, 2.05) is 30.3 Å². The second-order valence-corrected chi connectivity index (χ2v) is 5.28. The van der Waals surface area contributed by atoms with Crippen LogP contribution in [0.1, 0.15) is 25.8 Å². The molecule has 0 amide bonds. The summed E-state index contributed by atoms with van der Waals surface area (Å²) in [5.41, 5.74) is 1.14. The molecule has 0 aliphatic carbocycles. The Hall–Kier alpha value is -1.23. The Morgan fingerprint density at radius 1 is 1.37 bits per heavy atom. The first-order valence-corrected chi connectivity index (χ1v) is 6.54. The van der Waals surface area contributed by atoms with E-state index >= 15 is 0 Å². The molecule has 1 fully saturated rings. The van der Waals surface area contributed by atoms with Crippen LogP contribution in [-0.4, -0.2) is 35.5 Å². The van der Waals surface area contributed by atoms with Crippen molar-refractivity contribution in [3.63, 3.8) is 0 Å². The second kappa shape index (κ2) is 5.82. The van der Waals surface area contributed by atoms with Gasteiger partial charge in [-0.3, -0.25) is 4.79 Å². The van der Waals surface area contributed by atoms with Crippen LogP contribution in [0.3, 0.4) is 0 Å². The quantitative estimate of drug-likeness (QED) is 0.899. The van der Waals surface area contributed by atoms with Gasteiger partial charge in [0.05, 0.1) is 6.10 Å². The van der Waals surface area contributed by atoms with Gasteiger partial charge in [-0.25, -0.2) is 0 Å². The first kappa shape index (κ1) is 14.2. The van der Waals surface area contributed by atoms with Crippen LogP contribution in [0.2, 0.25) is 0 Å². The molecular formula is C15H20O4. The molecule has 0 spiro atoms. The van der Waals surface area contributed by atoms with Crippen LogP contribution in [-0.2, 0) is 20.7 Å². The maximum atomic E-state index is 11.7. The summed E-state index contributed by atoms with van der Waals surface area (Å²) in [5.74, 6) is -1.01. The average Bonchev–Trinajstić information content (AvgIpc) is 2.40. The van der Waals surface area contributed by atoms with Crippen LogP contribution >= 0.6 is 0 Å². The molecule has 1 heterocycles. The molecule has 1 aliphatic rings. The normalized spacial score (nSPS) is 24.2. The number of aliphatic hydroxyl groups is 1. The molecule has 0 bridgehead atoms. The smallest absolute Gasteiger partial charge is 0.190 e. The number of carbonyl (C=O) groups excluding carboxylic acids is 1. The number of carbonyl (C=O) groups is 1. The van der Waals surface area contributed by atoms with Crippen LogP contribution in [0.15, 0.2) is 30.3 Å². The van der Waals surface area contributed by atoms with Crippen molar-refractivity contribution < 1.29 is 19.4 Å². The van der Waals surface area contributed by atoms with E-state index in [4.69, 9.17) is 9.47 Å². The highest BCUT2D eigenvalue weighted by atomic mass is 16.7. The first-order chi connectivity index (χ1) is 8.98. The number of aliphatic hydroxyl groups excluding tert-OH is 1. The minimum Gasteiger partial charge on any atom is -0.390 e. The summed E-state index contributed by atoms with van der Waals surface area (Å²) < 4.78 is 10.8. The van der Waals surface area contributed by atoms with E-state index in [2.05, 4.69) is 0 Å². The molecule has 2 rings (SSSR count). The SMILES string of the molecule is CC1(C)OCC(=O)[C@H]([C@@H](O)CCc2ccccc2)O1. The highest BCUT2D eigenvalue weighted by Gasteiger charge is 2.38. The van der Waals surface area contributed by atoms with E-state index < -0.39 is 18.0 Å². The lowest BCUT2D eigenvalue weighted by molar-refractivity contribution is -0.271. The summed E-state index contributed by atoms with van der Waals surface area (Å²) in [5, 5.41) is 10.1. The zero-order valence-corrected chi connectivity index (χ0v) is 11.3. The topological polar surface area (TPSA) is 55.8 Å². The van der Waals surface area contributed by atoms with Gasteiger partial charge >= 0.3 is 0 Å². The van der Waals surface area contributed by atoms with Gasteiger partial charge in [0.2, 0.25) is 0 Å². The van der Waals surface area contributed by atoms with Crippen molar-refractivity contribution in [3.8, 4) is 0 Å². The molecular weight excluding hydrogens is 244 g/mol. The Morgan fingerprint density at radius 3 is 2.74 bits per heavy atom. The highest BCUT2D eigenvalue weighted by Crippen LogP contribution is 2.23. The molecule has 1 aliphatic heterocycles. The number of hydrogen-bond acceptors (Lipinski definition) is 4. The van der Waals surface area contributed by atoms with E-state index in [0.717, 1.165) is 12.0 Å². The van der Waals surface area contributed by atoms with Crippen LogP contribution in [0.25, 0.3) is 0 Å². The first-order valence-electron chi connectivity index (χ1n) is 6.54. The van der Waals surface area contributed by atoms with Crippen LogP contribution in [0.5, 0.6) is 0 Å². The molecule has 0 radical (unpaired) electrons. The number of Topliss-reactive ketones (excluding diaryl/α,β-unsaturated/α-hetero) is 1. The highest BCUT2D eigenvalue weighted by molar-refractivity contribution is 5.85. The van der Waals surface area contributed by atoms with Gasteiger partial charge in [0, 0.05) is 0 Å². The average molecular weight is 264 g/mol. The lowest BCUT2D eigenvalue weighted by Gasteiger charge is -2.36. The van der Waals surface area contributed by atoms with Crippen molar-refractivity contribution >= 4 is 5.78 Å². The monoisotopic (exact) mass is 264 g/mol. The Kier molecular flexibility index (Phi) is 4.34. The molecule has 4 heteroatoms. The summed E-state index contributed by atoms with van der Waals surface area (Å²) >= 11 is 0. The van der Waals surface area contributed by atoms with Crippen molar-refractivity contribution in [1.82, 2.24) is 0 Å². The molecule has 104 valence electrons. The Morgan fingerprint density at radius 2 is 2.05 bits per heavy atom. The molecule has 1 saturated heterocycles. The van der Waals surface area contributed by atoms with Gasteiger partial charge in [-0.1, -0.05) is 30.3 Å². The number of rotatable bonds is 4. The molecule has 0 aromatic heterocycles. The predicted molar refractivity (Wildman–Crippen MR) is 70.7 cm³/mol. The largest absolute Gasteiger partial charge is 0.390 e. The number of aryl methyl sites for hydroxylation is 1. The van der Waals surface area contributed by atoms with Gasteiger partial charge in [0.25, 0.3) is 0 Å². The van der Waals surface area contributed by atoms with Gasteiger partial charge in [-0.15, -0.1) is 0 Å². The zero-order chi connectivity index (χ0) is 13.9. The molecule has 1 N–H and O–H groups in total. The van der Waals surface area contributed by atoms with Gasteiger partial charge in [-0.2, -0.15) is 0 Å². The van der Waals surface area contributed by atoms with Crippen molar-refractivity contribution in [2.24, 2.45) is 0 Å². The summed E-state index contributed by atoms with van der Waals surface area (Å²) in [6.45, 7) is 3.49. The van der Waals surface area contributed by atoms with Gasteiger partial charge in [-0.05, 0) is 32.3 Å².